The molecule has 0 aliphatic carbocycles. The van der Waals surface area contributed by atoms with E-state index in [4.69, 9.17) is 5.26 Å². The van der Waals surface area contributed by atoms with Gasteiger partial charge in [0.15, 0.2) is 0 Å². The summed E-state index contributed by atoms with van der Waals surface area (Å²) in [6, 6.07) is 0. The number of hydrogen-bond donors (Lipinski definition) is 0. The molecule has 0 radical (unpaired) electrons. The highest BCUT2D eigenvalue weighted by Crippen LogP contribution is 2.07. The molecule has 0 N–H and O–H groups in total. The van der Waals surface area contributed by atoms with E-state index < -0.39 is 0 Å². The van der Waals surface area contributed by atoms with Gasteiger partial charge in [-0.15, -0.1) is 0 Å². The summed E-state index contributed by atoms with van der Waals surface area (Å²) in [5, 5.41) is 8.35. The lowest BCUT2D eigenvalue weighted by molar-refractivity contribution is -0.141. The van der Waals surface area contributed by atoms with Crippen LogP contribution >= 0.6 is 0 Å². The summed E-state index contributed by atoms with van der Waals surface area (Å²) >= 11 is 0. The van der Waals surface area contributed by atoms with Gasteiger partial charge in [0.1, 0.15) is 0 Å². The maximum atomic E-state index is 10.5. The van der Waals surface area contributed by atoms with Gasteiger partial charge >= 0.3 is 0 Å². The molecule has 0 saturated carbocycles. The molecular weight excluding hydrogens is 117 g/mol. The lowest BCUT2D eigenvalue weighted by Crippen LogP contribution is -2.25. The quantitative estimate of drug-likeness (QED) is 0.339. The highest BCUT2D eigenvalue weighted by atomic mass is 16.5. The maximum Gasteiger partial charge on any atom is 0.299 e. The zero-order valence-electron chi connectivity index (χ0n) is 4.96. The van der Waals surface area contributed by atoms with Crippen molar-refractivity contribution in [2.45, 2.75) is 12.6 Å². The Balaban J connectivity index is 2.43. The van der Waals surface area contributed by atoms with Crippen molar-refractivity contribution in [3.05, 3.63) is 0 Å². The largest absolute Gasteiger partial charge is 0.467 e. The SMILES string of the molecule is N#CB1CCOC(=O)C1. The summed E-state index contributed by atoms with van der Waals surface area (Å²) in [6.45, 7) is 0.308. The molecule has 0 unspecified atom stereocenters. The first-order valence-corrected chi connectivity index (χ1v) is 2.88. The van der Waals surface area contributed by atoms with Crippen molar-refractivity contribution >= 4 is 12.7 Å². The third kappa shape index (κ3) is 1.46. The number of hydrogen-bond acceptors (Lipinski definition) is 3. The normalized spacial score (nSPS) is 18.6. The summed E-state index contributed by atoms with van der Waals surface area (Å²) < 4.78 is 4.62. The van der Waals surface area contributed by atoms with Gasteiger partial charge < -0.3 is 4.74 Å². The lowest BCUT2D eigenvalue weighted by atomic mass is 9.46. The van der Waals surface area contributed by atoms with Crippen LogP contribution in [0.15, 0.2) is 0 Å². The standard InChI is InChI=1S/C5H6BNO2/c7-4-6-1-2-9-5(8)3-6/h1-3H2. The van der Waals surface area contributed by atoms with Gasteiger partial charge in [0.25, 0.3) is 12.7 Å². The second-order valence-corrected chi connectivity index (χ2v) is 2.04. The molecule has 1 aliphatic heterocycles. The Morgan fingerprint density at radius 1 is 1.78 bits per heavy atom. The molecule has 9 heavy (non-hydrogen) atoms. The van der Waals surface area contributed by atoms with E-state index in [1.54, 1.807) is 0 Å². The molecule has 1 aliphatic rings. The Morgan fingerprint density at radius 3 is 3.00 bits per heavy atom. The van der Waals surface area contributed by atoms with Crippen LogP contribution in [0.5, 0.6) is 0 Å². The van der Waals surface area contributed by atoms with Crippen molar-refractivity contribution in [3.8, 4) is 5.97 Å². The van der Waals surface area contributed by atoms with Crippen molar-refractivity contribution in [3.63, 3.8) is 0 Å². The Hall–Kier alpha value is -0.975. The first-order chi connectivity index (χ1) is 4.33. The molecule has 4 heteroatoms. The van der Waals surface area contributed by atoms with E-state index in [1.807, 2.05) is 5.97 Å². The Bertz CT molecular complexity index is 163. The topological polar surface area (TPSA) is 50.1 Å². The van der Waals surface area contributed by atoms with Crippen molar-refractivity contribution in [2.24, 2.45) is 0 Å². The Labute approximate surface area is 53.7 Å². The molecule has 0 aromatic carbocycles. The number of nitriles is 1. The summed E-state index contributed by atoms with van der Waals surface area (Å²) in [7, 11) is 0. The number of carbonyl (C=O) groups excluding carboxylic acids is 1. The van der Waals surface area contributed by atoms with E-state index in [2.05, 4.69) is 4.74 Å². The van der Waals surface area contributed by atoms with Crippen molar-refractivity contribution in [1.29, 1.82) is 5.26 Å². The Kier molecular flexibility index (Phi) is 1.73. The van der Waals surface area contributed by atoms with E-state index in [-0.39, 0.29) is 19.0 Å². The molecule has 3 nitrogen and oxygen atoms in total. The summed E-state index contributed by atoms with van der Waals surface area (Å²) in [5.41, 5.74) is 0. The van der Waals surface area contributed by atoms with E-state index >= 15 is 0 Å². The number of rotatable bonds is 0. The van der Waals surface area contributed by atoms with Crippen LogP contribution in [0, 0.1) is 11.2 Å². The van der Waals surface area contributed by atoms with Crippen molar-refractivity contribution in [1.82, 2.24) is 0 Å². The van der Waals surface area contributed by atoms with E-state index in [0.717, 1.165) is 0 Å². The average Bonchev–Trinajstić information content (AvgIpc) is 1.88. The molecule has 1 heterocycles. The van der Waals surface area contributed by atoms with Crippen LogP contribution in [0.1, 0.15) is 0 Å². The van der Waals surface area contributed by atoms with Gasteiger partial charge in [-0.3, -0.25) is 4.79 Å². The highest BCUT2D eigenvalue weighted by molar-refractivity contribution is 6.70. The molecule has 46 valence electrons. The molecule has 0 spiro atoms. The van der Waals surface area contributed by atoms with E-state index in [1.165, 1.54) is 0 Å². The molecule has 1 fully saturated rings. The fourth-order valence-corrected chi connectivity index (χ4v) is 0.787. The van der Waals surface area contributed by atoms with Crippen LogP contribution in [-0.4, -0.2) is 19.3 Å². The minimum atomic E-state index is -0.243. The van der Waals surface area contributed by atoms with Gasteiger partial charge in [-0.25, -0.2) is 5.26 Å². The second kappa shape index (κ2) is 2.54. The monoisotopic (exact) mass is 123 g/mol. The summed E-state index contributed by atoms with van der Waals surface area (Å²) in [5.74, 6) is 1.79. The second-order valence-electron chi connectivity index (χ2n) is 2.04. The van der Waals surface area contributed by atoms with Gasteiger partial charge in [-0.05, 0) is 6.32 Å². The fraction of sp³-hybridized carbons (Fsp3) is 0.600. The van der Waals surface area contributed by atoms with Crippen LogP contribution in [0.2, 0.25) is 12.6 Å². The minimum Gasteiger partial charge on any atom is -0.467 e. The predicted octanol–water partition coefficient (Wildman–Crippen LogP) is 0.101. The highest BCUT2D eigenvalue weighted by Gasteiger charge is 2.23. The smallest absolute Gasteiger partial charge is 0.299 e. The van der Waals surface area contributed by atoms with Gasteiger partial charge in [-0.1, -0.05) is 0 Å². The molecule has 0 aromatic heterocycles. The average molecular weight is 123 g/mol. The molecular formula is C5H6BNO2. The van der Waals surface area contributed by atoms with E-state index in [0.29, 0.717) is 12.9 Å². The fourth-order valence-electron chi connectivity index (χ4n) is 0.787. The predicted molar refractivity (Wildman–Crippen MR) is 31.9 cm³/mol. The van der Waals surface area contributed by atoms with Crippen molar-refractivity contribution in [2.75, 3.05) is 6.61 Å². The zero-order chi connectivity index (χ0) is 6.69. The number of esters is 1. The van der Waals surface area contributed by atoms with Crippen LogP contribution in [-0.2, 0) is 9.53 Å². The van der Waals surface area contributed by atoms with Crippen LogP contribution in [0.25, 0.3) is 0 Å². The molecule has 1 rings (SSSR count). The zero-order valence-corrected chi connectivity index (χ0v) is 4.96. The maximum absolute atomic E-state index is 10.5. The number of cyclic esters (lactones) is 1. The summed E-state index contributed by atoms with van der Waals surface area (Å²) in [6.07, 6.45) is 0.971. The lowest BCUT2D eigenvalue weighted by Gasteiger charge is -2.11. The molecule has 0 amide bonds. The van der Waals surface area contributed by atoms with Gasteiger partial charge in [-0.2, -0.15) is 0 Å². The van der Waals surface area contributed by atoms with Gasteiger partial charge in [0, 0.05) is 12.3 Å². The van der Waals surface area contributed by atoms with Crippen LogP contribution in [0.4, 0.5) is 0 Å². The first-order valence-electron chi connectivity index (χ1n) is 2.88. The minimum absolute atomic E-state index is 0.105. The third-order valence-electron chi connectivity index (χ3n) is 1.33. The summed E-state index contributed by atoms with van der Waals surface area (Å²) in [4.78, 5) is 10.5. The van der Waals surface area contributed by atoms with Gasteiger partial charge in [0.2, 0.25) is 0 Å². The molecule has 0 aromatic rings. The number of ether oxygens (including phenoxy) is 1. The molecule has 1 saturated heterocycles. The van der Waals surface area contributed by atoms with Crippen LogP contribution in [0.3, 0.4) is 0 Å². The number of nitrogens with zero attached hydrogens (tertiary/aromatic N) is 1. The van der Waals surface area contributed by atoms with Crippen molar-refractivity contribution < 1.29 is 9.53 Å². The van der Waals surface area contributed by atoms with E-state index in [9.17, 15) is 4.79 Å². The van der Waals surface area contributed by atoms with Gasteiger partial charge in [0.05, 0.1) is 6.61 Å². The number of carbonyl (C=O) groups is 1. The first kappa shape index (κ1) is 6.15. The van der Waals surface area contributed by atoms with Crippen LogP contribution < -0.4 is 0 Å². The molecule has 0 bridgehead atoms. The third-order valence-corrected chi connectivity index (χ3v) is 1.33. The molecule has 0 atom stereocenters. The Morgan fingerprint density at radius 2 is 2.56 bits per heavy atom.